The quantitative estimate of drug-likeness (QED) is 0.227. The molecule has 6 aromatic carbocycles. The van der Waals surface area contributed by atoms with Gasteiger partial charge in [0.1, 0.15) is 5.82 Å². The van der Waals surface area contributed by atoms with E-state index in [4.69, 9.17) is 4.98 Å². The number of rotatable bonds is 2. The first-order valence-electron chi connectivity index (χ1n) is 13.7. The number of hydrogen-bond acceptors (Lipinski definition) is 1. The van der Waals surface area contributed by atoms with Crippen molar-refractivity contribution in [3.05, 3.63) is 140 Å². The summed E-state index contributed by atoms with van der Waals surface area (Å²) in [7, 11) is 0. The first-order chi connectivity index (χ1) is 19.8. The van der Waals surface area contributed by atoms with Gasteiger partial charge in [-0.3, -0.25) is 0 Å². The van der Waals surface area contributed by atoms with Gasteiger partial charge in [0.25, 0.3) is 0 Å². The van der Waals surface area contributed by atoms with Crippen LogP contribution in [0.2, 0.25) is 0 Å². The van der Waals surface area contributed by atoms with Gasteiger partial charge in [0.05, 0.1) is 22.1 Å². The van der Waals surface area contributed by atoms with E-state index in [1.54, 1.807) is 0 Å². The lowest BCUT2D eigenvalue weighted by atomic mass is 9.98. The van der Waals surface area contributed by atoms with Crippen LogP contribution >= 0.6 is 0 Å². The van der Waals surface area contributed by atoms with Gasteiger partial charge >= 0.3 is 0 Å². The Morgan fingerprint density at radius 1 is 0.450 bits per heavy atom. The topological polar surface area (TPSA) is 22.8 Å². The van der Waals surface area contributed by atoms with Gasteiger partial charge in [-0.25, -0.2) is 4.98 Å². The highest BCUT2D eigenvalue weighted by molar-refractivity contribution is 6.30. The molecule has 186 valence electrons. The molecule has 9 rings (SSSR count). The van der Waals surface area contributed by atoms with Gasteiger partial charge < -0.3 is 9.13 Å². The molecule has 0 unspecified atom stereocenters. The van der Waals surface area contributed by atoms with Crippen LogP contribution < -0.4 is 0 Å². The Morgan fingerprint density at radius 2 is 1.12 bits per heavy atom. The molecule has 0 saturated carbocycles. The van der Waals surface area contributed by atoms with E-state index in [1.165, 1.54) is 59.9 Å². The van der Waals surface area contributed by atoms with Gasteiger partial charge in [0.2, 0.25) is 0 Å². The Bertz CT molecular complexity index is 2430. The van der Waals surface area contributed by atoms with Crippen LogP contribution in [0, 0.1) is 0 Å². The maximum absolute atomic E-state index is 5.03. The standard InChI is InChI=1S/C37H23N3/c1-2-10-27(11-3-1)40-32-19-15-24-8-4-6-12-28(24)35(32)36-29-17-14-26-22-23-39(37(26)30(29)18-20-33(36)40)34-21-16-25-9-5-7-13-31(25)38-34/h1-23H. The zero-order valence-electron chi connectivity index (χ0n) is 21.6. The summed E-state index contributed by atoms with van der Waals surface area (Å²) in [6.07, 6.45) is 2.15. The lowest BCUT2D eigenvalue weighted by Crippen LogP contribution is -1.97. The number of aromatic nitrogens is 3. The lowest BCUT2D eigenvalue weighted by molar-refractivity contribution is 1.07. The van der Waals surface area contributed by atoms with Crippen molar-refractivity contribution in [3.8, 4) is 11.5 Å². The summed E-state index contributed by atoms with van der Waals surface area (Å²) in [4.78, 5) is 5.03. The zero-order valence-corrected chi connectivity index (χ0v) is 21.6. The smallest absolute Gasteiger partial charge is 0.137 e. The number of para-hydroxylation sites is 2. The van der Waals surface area contributed by atoms with E-state index in [1.807, 2.05) is 6.07 Å². The van der Waals surface area contributed by atoms with Crippen molar-refractivity contribution in [2.24, 2.45) is 0 Å². The zero-order chi connectivity index (χ0) is 26.2. The third-order valence-electron chi connectivity index (χ3n) is 8.31. The van der Waals surface area contributed by atoms with E-state index < -0.39 is 0 Å². The summed E-state index contributed by atoms with van der Waals surface area (Å²) >= 11 is 0. The van der Waals surface area contributed by atoms with Crippen LogP contribution in [-0.2, 0) is 0 Å². The molecule has 0 saturated heterocycles. The average molecular weight is 510 g/mol. The van der Waals surface area contributed by atoms with Gasteiger partial charge in [0.15, 0.2) is 0 Å². The summed E-state index contributed by atoms with van der Waals surface area (Å²) in [5, 5.41) is 9.95. The van der Waals surface area contributed by atoms with Gasteiger partial charge in [0, 0.05) is 38.8 Å². The predicted molar refractivity (Wildman–Crippen MR) is 168 cm³/mol. The Morgan fingerprint density at radius 3 is 2.02 bits per heavy atom. The molecule has 40 heavy (non-hydrogen) atoms. The highest BCUT2D eigenvalue weighted by Gasteiger charge is 2.19. The van der Waals surface area contributed by atoms with Gasteiger partial charge in [-0.15, -0.1) is 0 Å². The maximum Gasteiger partial charge on any atom is 0.137 e. The molecule has 0 aliphatic carbocycles. The highest BCUT2D eigenvalue weighted by Crippen LogP contribution is 2.42. The molecule has 0 amide bonds. The molecule has 0 aliphatic heterocycles. The van der Waals surface area contributed by atoms with E-state index in [0.29, 0.717) is 0 Å². The average Bonchev–Trinajstić information content (AvgIpc) is 3.61. The lowest BCUT2D eigenvalue weighted by Gasteiger charge is -2.11. The predicted octanol–water partition coefficient (Wildman–Crippen LogP) is 9.58. The van der Waals surface area contributed by atoms with Crippen LogP contribution in [0.3, 0.4) is 0 Å². The van der Waals surface area contributed by atoms with Gasteiger partial charge in [-0.1, -0.05) is 84.9 Å². The number of pyridine rings is 1. The van der Waals surface area contributed by atoms with E-state index >= 15 is 0 Å². The third kappa shape index (κ3) is 2.92. The van der Waals surface area contributed by atoms with Crippen molar-refractivity contribution in [3.63, 3.8) is 0 Å². The van der Waals surface area contributed by atoms with Crippen molar-refractivity contribution in [2.45, 2.75) is 0 Å². The fourth-order valence-electron chi connectivity index (χ4n) is 6.55. The summed E-state index contributed by atoms with van der Waals surface area (Å²) in [5.74, 6) is 0.929. The highest BCUT2D eigenvalue weighted by atomic mass is 15.1. The van der Waals surface area contributed by atoms with Crippen LogP contribution in [0.4, 0.5) is 0 Å². The Hall–Kier alpha value is -5.41. The molecule has 0 spiro atoms. The Kier molecular flexibility index (Phi) is 4.33. The van der Waals surface area contributed by atoms with E-state index in [-0.39, 0.29) is 0 Å². The third-order valence-corrected chi connectivity index (χ3v) is 8.31. The minimum Gasteiger partial charge on any atom is -0.309 e. The Balaban J connectivity index is 1.44. The van der Waals surface area contributed by atoms with Crippen molar-refractivity contribution in [2.75, 3.05) is 0 Å². The normalized spacial score (nSPS) is 12.0. The Labute approximate surface area is 230 Å². The van der Waals surface area contributed by atoms with Crippen molar-refractivity contribution in [1.29, 1.82) is 0 Å². The monoisotopic (exact) mass is 509 g/mol. The SMILES string of the molecule is c1ccc(-n2c3ccc4ccccc4c3c3c4ccc5ccn(-c6ccc7ccccc7n6)c5c4ccc32)cc1. The summed E-state index contributed by atoms with van der Waals surface area (Å²) < 4.78 is 4.65. The second-order valence-electron chi connectivity index (χ2n) is 10.5. The van der Waals surface area contributed by atoms with E-state index in [2.05, 4.69) is 143 Å². The van der Waals surface area contributed by atoms with Crippen LogP contribution in [0.25, 0.3) is 76.7 Å². The largest absolute Gasteiger partial charge is 0.309 e. The van der Waals surface area contributed by atoms with E-state index in [9.17, 15) is 0 Å². The van der Waals surface area contributed by atoms with Crippen molar-refractivity contribution in [1.82, 2.24) is 14.1 Å². The first-order valence-corrected chi connectivity index (χ1v) is 13.7. The summed E-state index contributed by atoms with van der Waals surface area (Å²) in [6, 6.07) is 47.8. The molecule has 3 nitrogen and oxygen atoms in total. The summed E-state index contributed by atoms with van der Waals surface area (Å²) in [6.45, 7) is 0. The van der Waals surface area contributed by atoms with Crippen LogP contribution in [0.15, 0.2) is 140 Å². The second kappa shape index (κ2) is 8.05. The number of fused-ring (bicyclic) bond motifs is 10. The van der Waals surface area contributed by atoms with Crippen LogP contribution in [-0.4, -0.2) is 14.1 Å². The van der Waals surface area contributed by atoms with Crippen LogP contribution in [0.5, 0.6) is 0 Å². The fourth-order valence-corrected chi connectivity index (χ4v) is 6.55. The van der Waals surface area contributed by atoms with Crippen molar-refractivity contribution >= 4 is 65.2 Å². The van der Waals surface area contributed by atoms with Gasteiger partial charge in [-0.05, 0) is 64.7 Å². The molecule has 0 radical (unpaired) electrons. The van der Waals surface area contributed by atoms with E-state index in [0.717, 1.165) is 16.7 Å². The number of benzene rings is 6. The molecule has 3 aromatic heterocycles. The molecule has 3 heteroatoms. The molecule has 0 atom stereocenters. The fraction of sp³-hybridized carbons (Fsp3) is 0. The first kappa shape index (κ1) is 21.5. The maximum atomic E-state index is 5.03. The molecule has 3 heterocycles. The minimum atomic E-state index is 0.929. The minimum absolute atomic E-state index is 0.929. The molecule has 0 aliphatic rings. The molecule has 0 bridgehead atoms. The number of hydrogen-bond donors (Lipinski definition) is 0. The molecule has 0 N–H and O–H groups in total. The molecular formula is C37H23N3. The molecule has 9 aromatic rings. The second-order valence-corrected chi connectivity index (χ2v) is 10.5. The molecular weight excluding hydrogens is 486 g/mol. The van der Waals surface area contributed by atoms with Gasteiger partial charge in [-0.2, -0.15) is 0 Å². The molecule has 0 fully saturated rings. The van der Waals surface area contributed by atoms with Crippen molar-refractivity contribution < 1.29 is 0 Å². The van der Waals surface area contributed by atoms with Crippen LogP contribution in [0.1, 0.15) is 0 Å². The summed E-state index contributed by atoms with van der Waals surface area (Å²) in [5.41, 5.74) is 5.79. The number of nitrogens with zero attached hydrogens (tertiary/aromatic N) is 3.